The van der Waals surface area contributed by atoms with Gasteiger partial charge >= 0.3 is 0 Å². The minimum atomic E-state index is -0.332. The van der Waals surface area contributed by atoms with Crippen molar-refractivity contribution >= 4 is 10.9 Å². The van der Waals surface area contributed by atoms with Crippen LogP contribution in [0, 0.1) is 0 Å². The van der Waals surface area contributed by atoms with Gasteiger partial charge in [0.25, 0.3) is 0 Å². The summed E-state index contributed by atoms with van der Waals surface area (Å²) in [5.74, 6) is 0.745. The molecule has 88 valence electrons. The number of hydrogen-bond donors (Lipinski definition) is 1. The average molecular weight is 229 g/mol. The SMILES string of the molecule is O[C@@H]1CCC[C@H]1Oc1cnc2ccccc2c1. The van der Waals surface area contributed by atoms with Gasteiger partial charge in [0.15, 0.2) is 0 Å². The number of benzene rings is 1. The third kappa shape index (κ3) is 2.11. The van der Waals surface area contributed by atoms with Gasteiger partial charge in [-0.05, 0) is 31.4 Å². The number of rotatable bonds is 2. The fraction of sp³-hybridized carbons (Fsp3) is 0.357. The Morgan fingerprint density at radius 1 is 1.24 bits per heavy atom. The van der Waals surface area contributed by atoms with Crippen molar-refractivity contribution in [1.29, 1.82) is 0 Å². The van der Waals surface area contributed by atoms with E-state index in [2.05, 4.69) is 4.98 Å². The zero-order valence-corrected chi connectivity index (χ0v) is 9.54. The van der Waals surface area contributed by atoms with Gasteiger partial charge in [-0.15, -0.1) is 0 Å². The van der Waals surface area contributed by atoms with Gasteiger partial charge in [-0.1, -0.05) is 18.2 Å². The third-order valence-corrected chi connectivity index (χ3v) is 3.27. The molecule has 0 unspecified atom stereocenters. The monoisotopic (exact) mass is 229 g/mol. The van der Waals surface area contributed by atoms with Crippen LogP contribution in [0.1, 0.15) is 19.3 Å². The first kappa shape index (κ1) is 10.5. The molecule has 2 atom stereocenters. The van der Waals surface area contributed by atoms with Crippen molar-refractivity contribution in [1.82, 2.24) is 4.98 Å². The fourth-order valence-electron chi connectivity index (χ4n) is 2.33. The molecule has 3 rings (SSSR count). The van der Waals surface area contributed by atoms with Gasteiger partial charge in [-0.25, -0.2) is 0 Å². The van der Waals surface area contributed by atoms with Crippen LogP contribution in [0.25, 0.3) is 10.9 Å². The number of aliphatic hydroxyl groups excluding tert-OH is 1. The molecule has 0 radical (unpaired) electrons. The molecule has 0 bridgehead atoms. The van der Waals surface area contributed by atoms with Crippen molar-refractivity contribution in [2.45, 2.75) is 31.5 Å². The molecule has 0 spiro atoms. The number of hydrogen-bond acceptors (Lipinski definition) is 3. The van der Waals surface area contributed by atoms with E-state index in [1.54, 1.807) is 6.20 Å². The highest BCUT2D eigenvalue weighted by atomic mass is 16.5. The Balaban J connectivity index is 1.85. The lowest BCUT2D eigenvalue weighted by atomic mass is 10.2. The molecule has 1 N–H and O–H groups in total. The van der Waals surface area contributed by atoms with E-state index >= 15 is 0 Å². The van der Waals surface area contributed by atoms with Crippen molar-refractivity contribution in [3.05, 3.63) is 36.5 Å². The molecule has 0 aliphatic heterocycles. The highest BCUT2D eigenvalue weighted by Gasteiger charge is 2.26. The molecule has 1 aliphatic carbocycles. The van der Waals surface area contributed by atoms with Gasteiger partial charge in [-0.2, -0.15) is 0 Å². The van der Waals surface area contributed by atoms with E-state index in [0.29, 0.717) is 0 Å². The maximum Gasteiger partial charge on any atom is 0.138 e. The first-order valence-corrected chi connectivity index (χ1v) is 6.02. The zero-order chi connectivity index (χ0) is 11.7. The average Bonchev–Trinajstić information content (AvgIpc) is 2.75. The topological polar surface area (TPSA) is 42.4 Å². The summed E-state index contributed by atoms with van der Waals surface area (Å²) in [6.07, 6.45) is 4.12. The Morgan fingerprint density at radius 3 is 2.94 bits per heavy atom. The number of aromatic nitrogens is 1. The molecular formula is C14H15NO2. The van der Waals surface area contributed by atoms with Crippen molar-refractivity contribution in [3.8, 4) is 5.75 Å². The van der Waals surface area contributed by atoms with E-state index in [9.17, 15) is 5.11 Å². The van der Waals surface area contributed by atoms with Gasteiger partial charge in [0.1, 0.15) is 11.9 Å². The van der Waals surface area contributed by atoms with Gasteiger partial charge in [0, 0.05) is 5.39 Å². The zero-order valence-electron chi connectivity index (χ0n) is 9.54. The maximum atomic E-state index is 9.72. The Morgan fingerprint density at radius 2 is 2.12 bits per heavy atom. The molecule has 3 nitrogen and oxygen atoms in total. The predicted octanol–water partition coefficient (Wildman–Crippen LogP) is 2.53. The molecule has 1 aliphatic rings. The summed E-state index contributed by atoms with van der Waals surface area (Å²) < 4.78 is 5.78. The summed E-state index contributed by atoms with van der Waals surface area (Å²) in [4.78, 5) is 4.34. The second-order valence-corrected chi connectivity index (χ2v) is 4.52. The Labute approximate surface area is 100 Å². The number of pyridine rings is 1. The van der Waals surface area contributed by atoms with E-state index < -0.39 is 0 Å². The summed E-state index contributed by atoms with van der Waals surface area (Å²) >= 11 is 0. The molecule has 0 amide bonds. The number of ether oxygens (including phenoxy) is 1. The predicted molar refractivity (Wildman–Crippen MR) is 66.0 cm³/mol. The minimum absolute atomic E-state index is 0.0713. The molecule has 1 aromatic carbocycles. The molecule has 0 saturated heterocycles. The van der Waals surface area contributed by atoms with Crippen LogP contribution in [0.4, 0.5) is 0 Å². The molecule has 2 aromatic rings. The van der Waals surface area contributed by atoms with Crippen LogP contribution in [0.5, 0.6) is 5.75 Å². The largest absolute Gasteiger partial charge is 0.486 e. The Bertz CT molecular complexity index is 526. The van der Waals surface area contributed by atoms with Crippen LogP contribution in [0.3, 0.4) is 0 Å². The molecule has 1 aromatic heterocycles. The lowest BCUT2D eigenvalue weighted by Gasteiger charge is -2.16. The molecule has 1 saturated carbocycles. The first-order chi connectivity index (χ1) is 8.33. The second kappa shape index (κ2) is 4.34. The Hall–Kier alpha value is -1.61. The summed E-state index contributed by atoms with van der Waals surface area (Å²) in [6, 6.07) is 9.92. The normalized spacial score (nSPS) is 24.1. The van der Waals surface area contributed by atoms with Gasteiger partial charge in [0.05, 0.1) is 17.8 Å². The quantitative estimate of drug-likeness (QED) is 0.860. The molecular weight excluding hydrogens is 214 g/mol. The highest BCUT2D eigenvalue weighted by Crippen LogP contribution is 2.25. The lowest BCUT2D eigenvalue weighted by Crippen LogP contribution is -2.25. The van der Waals surface area contributed by atoms with Crippen molar-refractivity contribution in [2.75, 3.05) is 0 Å². The van der Waals surface area contributed by atoms with Crippen molar-refractivity contribution in [2.24, 2.45) is 0 Å². The number of para-hydroxylation sites is 1. The summed E-state index contributed by atoms with van der Waals surface area (Å²) in [6.45, 7) is 0. The molecule has 1 heterocycles. The summed E-state index contributed by atoms with van der Waals surface area (Å²) in [7, 11) is 0. The van der Waals surface area contributed by atoms with Crippen LogP contribution >= 0.6 is 0 Å². The van der Waals surface area contributed by atoms with Crippen LogP contribution in [-0.4, -0.2) is 22.3 Å². The number of nitrogens with zero attached hydrogens (tertiary/aromatic N) is 1. The third-order valence-electron chi connectivity index (χ3n) is 3.27. The van der Waals surface area contributed by atoms with Crippen LogP contribution in [0.2, 0.25) is 0 Å². The number of aliphatic hydroxyl groups is 1. The minimum Gasteiger partial charge on any atom is -0.486 e. The van der Waals surface area contributed by atoms with Crippen molar-refractivity contribution < 1.29 is 9.84 Å². The molecule has 17 heavy (non-hydrogen) atoms. The van der Waals surface area contributed by atoms with E-state index in [1.807, 2.05) is 30.3 Å². The smallest absolute Gasteiger partial charge is 0.138 e. The second-order valence-electron chi connectivity index (χ2n) is 4.52. The first-order valence-electron chi connectivity index (χ1n) is 6.02. The summed E-state index contributed by atoms with van der Waals surface area (Å²) in [5.41, 5.74) is 0.965. The fourth-order valence-corrected chi connectivity index (χ4v) is 2.33. The van der Waals surface area contributed by atoms with Gasteiger partial charge in [0.2, 0.25) is 0 Å². The van der Waals surface area contributed by atoms with Crippen molar-refractivity contribution in [3.63, 3.8) is 0 Å². The Kier molecular flexibility index (Phi) is 2.69. The standard InChI is InChI=1S/C14H15NO2/c16-13-6-3-7-14(13)17-11-8-10-4-1-2-5-12(10)15-9-11/h1-2,4-5,8-9,13-14,16H,3,6-7H2/t13-,14-/m1/s1. The molecule has 1 fully saturated rings. The van der Waals surface area contributed by atoms with Crippen LogP contribution < -0.4 is 4.74 Å². The lowest BCUT2D eigenvalue weighted by molar-refractivity contribution is 0.0603. The maximum absolute atomic E-state index is 9.72. The van der Waals surface area contributed by atoms with E-state index in [4.69, 9.17) is 4.74 Å². The van der Waals surface area contributed by atoms with E-state index in [0.717, 1.165) is 35.9 Å². The van der Waals surface area contributed by atoms with Gasteiger partial charge in [-0.3, -0.25) is 4.98 Å². The van der Waals surface area contributed by atoms with Gasteiger partial charge < -0.3 is 9.84 Å². The molecule has 3 heteroatoms. The summed E-state index contributed by atoms with van der Waals surface area (Å²) in [5, 5.41) is 10.8. The highest BCUT2D eigenvalue weighted by molar-refractivity contribution is 5.79. The van der Waals surface area contributed by atoms with E-state index in [1.165, 1.54) is 0 Å². The van der Waals surface area contributed by atoms with Crippen LogP contribution in [-0.2, 0) is 0 Å². The number of fused-ring (bicyclic) bond motifs is 1. The van der Waals surface area contributed by atoms with E-state index in [-0.39, 0.29) is 12.2 Å². The van der Waals surface area contributed by atoms with Crippen LogP contribution in [0.15, 0.2) is 36.5 Å².